The summed E-state index contributed by atoms with van der Waals surface area (Å²) in [5, 5.41) is 14.8. The lowest BCUT2D eigenvalue weighted by atomic mass is 9.77. The van der Waals surface area contributed by atoms with Gasteiger partial charge in [-0.25, -0.2) is 8.42 Å². The second kappa shape index (κ2) is 7.70. The van der Waals surface area contributed by atoms with Crippen LogP contribution in [0.25, 0.3) is 0 Å². The number of fused-ring (bicyclic) bond motifs is 4. The molecule has 1 N–H and O–H groups in total. The van der Waals surface area contributed by atoms with E-state index in [1.165, 1.54) is 10.4 Å². The van der Waals surface area contributed by atoms with E-state index in [1.807, 2.05) is 36.4 Å². The van der Waals surface area contributed by atoms with Crippen LogP contribution in [0.15, 0.2) is 83.8 Å². The first kappa shape index (κ1) is 20.9. The van der Waals surface area contributed by atoms with Crippen molar-refractivity contribution < 1.29 is 13.3 Å². The SMILES string of the molecule is O=[N+]([O-])c1cccc(C2Nc3ccc(S(=O)(=O)N4CCc5ccccc54)cc3C3C=CCC32)c1. The van der Waals surface area contributed by atoms with Crippen molar-refractivity contribution in [3.05, 3.63) is 106 Å². The monoisotopic (exact) mass is 473 g/mol. The predicted molar refractivity (Wildman–Crippen MR) is 131 cm³/mol. The summed E-state index contributed by atoms with van der Waals surface area (Å²) < 4.78 is 28.7. The molecule has 0 amide bonds. The van der Waals surface area contributed by atoms with Gasteiger partial charge in [-0.05, 0) is 59.7 Å². The van der Waals surface area contributed by atoms with E-state index in [-0.39, 0.29) is 33.4 Å². The van der Waals surface area contributed by atoms with Crippen LogP contribution in [0, 0.1) is 16.0 Å². The lowest BCUT2D eigenvalue weighted by molar-refractivity contribution is -0.384. The van der Waals surface area contributed by atoms with Gasteiger partial charge in [0, 0.05) is 30.3 Å². The molecule has 2 aliphatic heterocycles. The van der Waals surface area contributed by atoms with Crippen LogP contribution in [0.2, 0.25) is 0 Å². The van der Waals surface area contributed by atoms with Gasteiger partial charge in [-0.1, -0.05) is 42.5 Å². The average Bonchev–Trinajstić information content (AvgIpc) is 3.51. The van der Waals surface area contributed by atoms with Crippen LogP contribution >= 0.6 is 0 Å². The highest BCUT2D eigenvalue weighted by Gasteiger charge is 2.39. The van der Waals surface area contributed by atoms with Gasteiger partial charge in [0.2, 0.25) is 0 Å². The maximum absolute atomic E-state index is 13.6. The average molecular weight is 474 g/mol. The Morgan fingerprint density at radius 2 is 1.88 bits per heavy atom. The molecule has 0 radical (unpaired) electrons. The molecule has 3 atom stereocenters. The minimum atomic E-state index is -3.69. The summed E-state index contributed by atoms with van der Waals surface area (Å²) in [5.74, 6) is 0.196. The maximum atomic E-state index is 13.6. The quantitative estimate of drug-likeness (QED) is 0.320. The molecule has 0 bridgehead atoms. The topological polar surface area (TPSA) is 92.5 Å². The number of para-hydroxylation sites is 1. The molecule has 1 aliphatic carbocycles. The number of nitrogens with one attached hydrogen (secondary N) is 1. The number of hydrogen-bond donors (Lipinski definition) is 1. The van der Waals surface area contributed by atoms with Crippen LogP contribution < -0.4 is 9.62 Å². The van der Waals surface area contributed by atoms with Crippen LogP contribution in [-0.4, -0.2) is 19.9 Å². The van der Waals surface area contributed by atoms with Crippen molar-refractivity contribution in [2.45, 2.75) is 29.7 Å². The van der Waals surface area contributed by atoms with Crippen molar-refractivity contribution in [3.63, 3.8) is 0 Å². The summed E-state index contributed by atoms with van der Waals surface area (Å²) >= 11 is 0. The summed E-state index contributed by atoms with van der Waals surface area (Å²) in [6.45, 7) is 0.442. The van der Waals surface area contributed by atoms with E-state index in [1.54, 1.807) is 24.3 Å². The second-order valence-corrected chi connectivity index (χ2v) is 10.9. The molecule has 172 valence electrons. The standard InChI is InChI=1S/C26H23N3O4S/c30-29(31)19-7-3-6-18(15-19)26-22-9-4-8-21(22)23-16-20(11-12-24(23)27-26)34(32,33)28-14-13-17-5-1-2-10-25(17)28/h1-8,10-12,15-16,21-22,26-27H,9,13-14H2. The lowest BCUT2D eigenvalue weighted by Crippen LogP contribution is -2.31. The molecule has 3 unspecified atom stereocenters. The van der Waals surface area contributed by atoms with Crippen molar-refractivity contribution in [1.82, 2.24) is 0 Å². The molecule has 0 fully saturated rings. The Kier molecular flexibility index (Phi) is 4.74. The van der Waals surface area contributed by atoms with E-state index < -0.39 is 10.0 Å². The van der Waals surface area contributed by atoms with Crippen LogP contribution in [0.1, 0.15) is 35.1 Å². The third kappa shape index (κ3) is 3.20. The van der Waals surface area contributed by atoms with Crippen molar-refractivity contribution in [1.29, 1.82) is 0 Å². The van der Waals surface area contributed by atoms with Crippen molar-refractivity contribution in [3.8, 4) is 0 Å². The third-order valence-corrected chi connectivity index (χ3v) is 9.02. The van der Waals surface area contributed by atoms with Crippen LogP contribution in [0.5, 0.6) is 0 Å². The molecule has 3 aromatic carbocycles. The highest BCUT2D eigenvalue weighted by molar-refractivity contribution is 7.92. The Morgan fingerprint density at radius 1 is 1.03 bits per heavy atom. The number of rotatable bonds is 4. The van der Waals surface area contributed by atoms with E-state index in [2.05, 4.69) is 17.5 Å². The number of nitro benzene ring substituents is 1. The zero-order chi connectivity index (χ0) is 23.4. The molecule has 3 aromatic rings. The molecular weight excluding hydrogens is 450 g/mol. The normalized spacial score (nSPS) is 22.6. The highest BCUT2D eigenvalue weighted by atomic mass is 32.2. The van der Waals surface area contributed by atoms with Gasteiger partial charge in [0.1, 0.15) is 0 Å². The number of non-ortho nitro benzene ring substituents is 1. The number of anilines is 2. The number of benzene rings is 3. The van der Waals surface area contributed by atoms with Crippen molar-refractivity contribution >= 4 is 27.1 Å². The Balaban J connectivity index is 1.38. The van der Waals surface area contributed by atoms with E-state index in [4.69, 9.17) is 0 Å². The van der Waals surface area contributed by atoms with Gasteiger partial charge in [-0.3, -0.25) is 14.4 Å². The molecule has 0 saturated carbocycles. The Morgan fingerprint density at radius 3 is 2.74 bits per heavy atom. The molecule has 0 spiro atoms. The van der Waals surface area contributed by atoms with Gasteiger partial charge < -0.3 is 5.32 Å². The van der Waals surface area contributed by atoms with Gasteiger partial charge in [0.15, 0.2) is 0 Å². The maximum Gasteiger partial charge on any atom is 0.269 e. The first-order valence-corrected chi connectivity index (χ1v) is 12.8. The molecule has 3 aliphatic rings. The number of nitrogens with zero attached hydrogens (tertiary/aromatic N) is 2. The number of allylic oxidation sites excluding steroid dienone is 2. The lowest BCUT2D eigenvalue weighted by Gasteiger charge is -2.37. The predicted octanol–water partition coefficient (Wildman–Crippen LogP) is 5.17. The molecule has 0 saturated heterocycles. The van der Waals surface area contributed by atoms with E-state index in [0.29, 0.717) is 13.0 Å². The largest absolute Gasteiger partial charge is 0.378 e. The number of hydrogen-bond acceptors (Lipinski definition) is 5. The number of sulfonamides is 1. The fraction of sp³-hybridized carbons (Fsp3) is 0.231. The first-order valence-electron chi connectivity index (χ1n) is 11.4. The highest BCUT2D eigenvalue weighted by Crippen LogP contribution is 2.50. The van der Waals surface area contributed by atoms with Gasteiger partial charge in [-0.2, -0.15) is 0 Å². The first-order chi connectivity index (χ1) is 16.4. The fourth-order valence-corrected chi connectivity index (χ4v) is 7.12. The van der Waals surface area contributed by atoms with Crippen LogP contribution in [0.4, 0.5) is 17.1 Å². The molecular formula is C26H23N3O4S. The van der Waals surface area contributed by atoms with Crippen molar-refractivity contribution in [2.24, 2.45) is 5.92 Å². The van der Waals surface area contributed by atoms with Gasteiger partial charge in [0.05, 0.1) is 21.5 Å². The Hall–Kier alpha value is -3.65. The van der Waals surface area contributed by atoms with E-state index in [9.17, 15) is 18.5 Å². The van der Waals surface area contributed by atoms with E-state index >= 15 is 0 Å². The third-order valence-electron chi connectivity index (χ3n) is 7.21. The molecule has 8 heteroatoms. The Bertz CT molecular complexity index is 1450. The summed E-state index contributed by atoms with van der Waals surface area (Å²) in [7, 11) is -3.69. The molecule has 7 nitrogen and oxygen atoms in total. The van der Waals surface area contributed by atoms with Crippen LogP contribution in [-0.2, 0) is 16.4 Å². The minimum absolute atomic E-state index is 0.0431. The molecule has 2 heterocycles. The summed E-state index contributed by atoms with van der Waals surface area (Å²) in [4.78, 5) is 11.2. The Labute approximate surface area is 197 Å². The fourth-order valence-electron chi connectivity index (χ4n) is 5.58. The molecule has 34 heavy (non-hydrogen) atoms. The zero-order valence-corrected chi connectivity index (χ0v) is 19.1. The van der Waals surface area contributed by atoms with Gasteiger partial charge in [-0.15, -0.1) is 0 Å². The zero-order valence-electron chi connectivity index (χ0n) is 18.3. The van der Waals surface area contributed by atoms with Gasteiger partial charge in [0.25, 0.3) is 15.7 Å². The summed E-state index contributed by atoms with van der Waals surface area (Å²) in [6, 6.07) is 19.6. The van der Waals surface area contributed by atoms with Gasteiger partial charge >= 0.3 is 0 Å². The van der Waals surface area contributed by atoms with E-state index in [0.717, 1.165) is 34.5 Å². The van der Waals surface area contributed by atoms with Crippen molar-refractivity contribution in [2.75, 3.05) is 16.2 Å². The second-order valence-electron chi connectivity index (χ2n) is 9.03. The summed E-state index contributed by atoms with van der Waals surface area (Å²) in [6.07, 6.45) is 5.78. The smallest absolute Gasteiger partial charge is 0.269 e. The molecule has 6 rings (SSSR count). The van der Waals surface area contributed by atoms with Crippen LogP contribution in [0.3, 0.4) is 0 Å². The minimum Gasteiger partial charge on any atom is -0.378 e. The molecule has 0 aromatic heterocycles. The summed E-state index contributed by atoms with van der Waals surface area (Å²) in [5.41, 5.74) is 4.55. The number of nitro groups is 1.